The van der Waals surface area contributed by atoms with Gasteiger partial charge in [0.2, 0.25) is 5.76 Å². The lowest BCUT2D eigenvalue weighted by atomic mass is 10.3. The third kappa shape index (κ3) is 2.33. The van der Waals surface area contributed by atoms with E-state index in [0.717, 1.165) is 0 Å². The van der Waals surface area contributed by atoms with E-state index in [0.29, 0.717) is 23.9 Å². The van der Waals surface area contributed by atoms with E-state index in [-0.39, 0.29) is 11.6 Å². The van der Waals surface area contributed by atoms with E-state index < -0.39 is 0 Å². The van der Waals surface area contributed by atoms with Gasteiger partial charge in [-0.1, -0.05) is 5.16 Å². The summed E-state index contributed by atoms with van der Waals surface area (Å²) in [6.07, 6.45) is 4.87. The van der Waals surface area contributed by atoms with Gasteiger partial charge < -0.3 is 18.8 Å². The topological polar surface area (TPSA) is 88.2 Å². The number of rotatable bonds is 4. The van der Waals surface area contributed by atoms with Crippen molar-refractivity contribution >= 4 is 5.91 Å². The van der Waals surface area contributed by atoms with Crippen molar-refractivity contribution in [2.45, 2.75) is 6.54 Å². The molecular weight excluding hydrogens is 260 g/mol. The second kappa shape index (κ2) is 5.04. The number of H-pyrrole nitrogens is 1. The molecular formula is C13H12N4O3. The fraction of sp³-hybridized carbons (Fsp3) is 0.154. The molecule has 7 nitrogen and oxygen atoms in total. The molecule has 0 atom stereocenters. The molecule has 7 heteroatoms. The highest BCUT2D eigenvalue weighted by molar-refractivity contribution is 5.92. The predicted octanol–water partition coefficient (Wildman–Crippen LogP) is 1.93. The lowest BCUT2D eigenvalue weighted by Crippen LogP contribution is -2.26. The molecule has 0 unspecified atom stereocenters. The summed E-state index contributed by atoms with van der Waals surface area (Å²) in [4.78, 5) is 20.7. The summed E-state index contributed by atoms with van der Waals surface area (Å²) >= 11 is 0. The molecule has 102 valence electrons. The Morgan fingerprint density at radius 1 is 1.45 bits per heavy atom. The Morgan fingerprint density at radius 3 is 3.05 bits per heavy atom. The Hall–Kier alpha value is -2.83. The monoisotopic (exact) mass is 272 g/mol. The van der Waals surface area contributed by atoms with Crippen LogP contribution >= 0.6 is 0 Å². The number of amides is 1. The van der Waals surface area contributed by atoms with Crippen LogP contribution in [-0.2, 0) is 6.54 Å². The first-order valence-corrected chi connectivity index (χ1v) is 5.98. The molecule has 1 N–H and O–H groups in total. The normalized spacial score (nSPS) is 10.7. The summed E-state index contributed by atoms with van der Waals surface area (Å²) in [5, 5.41) is 3.77. The third-order valence-corrected chi connectivity index (χ3v) is 2.78. The van der Waals surface area contributed by atoms with Gasteiger partial charge in [0.1, 0.15) is 5.82 Å². The van der Waals surface area contributed by atoms with Crippen molar-refractivity contribution in [2.24, 2.45) is 0 Å². The minimum absolute atomic E-state index is 0.227. The second-order valence-corrected chi connectivity index (χ2v) is 4.25. The van der Waals surface area contributed by atoms with Crippen molar-refractivity contribution < 1.29 is 13.7 Å². The number of carbonyl (C=O) groups excluding carboxylic acids is 1. The number of hydrogen-bond donors (Lipinski definition) is 1. The first-order chi connectivity index (χ1) is 9.74. The quantitative estimate of drug-likeness (QED) is 0.784. The van der Waals surface area contributed by atoms with E-state index in [1.54, 1.807) is 37.6 Å². The van der Waals surface area contributed by atoms with Gasteiger partial charge in [0.05, 0.1) is 12.8 Å². The van der Waals surface area contributed by atoms with Gasteiger partial charge in [-0.25, -0.2) is 4.98 Å². The van der Waals surface area contributed by atoms with Crippen LogP contribution in [0.5, 0.6) is 0 Å². The maximum atomic E-state index is 12.2. The van der Waals surface area contributed by atoms with E-state index >= 15 is 0 Å². The fourth-order valence-electron chi connectivity index (χ4n) is 1.79. The van der Waals surface area contributed by atoms with E-state index in [1.165, 1.54) is 11.2 Å². The zero-order valence-electron chi connectivity index (χ0n) is 10.7. The number of hydrogen-bond acceptors (Lipinski definition) is 5. The zero-order valence-corrected chi connectivity index (χ0v) is 10.7. The van der Waals surface area contributed by atoms with Gasteiger partial charge in [-0.3, -0.25) is 4.79 Å². The highest BCUT2D eigenvalue weighted by atomic mass is 16.5. The molecule has 0 saturated carbocycles. The van der Waals surface area contributed by atoms with Gasteiger partial charge in [0.15, 0.2) is 11.5 Å². The summed E-state index contributed by atoms with van der Waals surface area (Å²) in [6.45, 7) is 0.370. The third-order valence-electron chi connectivity index (χ3n) is 2.78. The highest BCUT2D eigenvalue weighted by Gasteiger charge is 2.19. The Labute approximate surface area is 114 Å². The summed E-state index contributed by atoms with van der Waals surface area (Å²) in [5.74, 6) is 1.41. The smallest absolute Gasteiger partial charge is 0.276 e. The van der Waals surface area contributed by atoms with Gasteiger partial charge in [-0.15, -0.1) is 0 Å². The second-order valence-electron chi connectivity index (χ2n) is 4.25. The maximum absolute atomic E-state index is 12.2. The van der Waals surface area contributed by atoms with E-state index in [4.69, 9.17) is 8.94 Å². The average molecular weight is 272 g/mol. The molecule has 0 radical (unpaired) electrons. The van der Waals surface area contributed by atoms with Crippen molar-refractivity contribution in [2.75, 3.05) is 7.05 Å². The van der Waals surface area contributed by atoms with Crippen molar-refractivity contribution in [1.82, 2.24) is 20.0 Å². The molecule has 0 aliphatic rings. The summed E-state index contributed by atoms with van der Waals surface area (Å²) in [5.41, 5.74) is 0.227. The van der Waals surface area contributed by atoms with Crippen LogP contribution in [0.3, 0.4) is 0 Å². The first kappa shape index (κ1) is 12.2. The number of nitrogens with one attached hydrogen (secondary N) is 1. The number of carbonyl (C=O) groups is 1. The van der Waals surface area contributed by atoms with Crippen molar-refractivity contribution in [1.29, 1.82) is 0 Å². The number of aromatic amines is 1. The fourth-order valence-corrected chi connectivity index (χ4v) is 1.79. The van der Waals surface area contributed by atoms with Crippen LogP contribution in [0.25, 0.3) is 11.5 Å². The lowest BCUT2D eigenvalue weighted by Gasteiger charge is -2.13. The molecule has 0 spiro atoms. The Bertz CT molecular complexity index is 685. The summed E-state index contributed by atoms with van der Waals surface area (Å²) < 4.78 is 10.3. The Morgan fingerprint density at radius 2 is 2.35 bits per heavy atom. The van der Waals surface area contributed by atoms with Crippen LogP contribution in [0.2, 0.25) is 0 Å². The summed E-state index contributed by atoms with van der Waals surface area (Å²) in [6, 6.07) is 5.03. The minimum atomic E-state index is -0.247. The molecule has 0 saturated heterocycles. The number of aromatic nitrogens is 3. The van der Waals surface area contributed by atoms with Gasteiger partial charge in [0.25, 0.3) is 5.91 Å². The molecule has 3 aromatic heterocycles. The van der Waals surface area contributed by atoms with Crippen LogP contribution in [0, 0.1) is 0 Å². The average Bonchev–Trinajstić information content (AvgIpc) is 3.18. The lowest BCUT2D eigenvalue weighted by molar-refractivity contribution is 0.0771. The van der Waals surface area contributed by atoms with Crippen molar-refractivity contribution in [3.63, 3.8) is 0 Å². The Balaban J connectivity index is 1.74. The van der Waals surface area contributed by atoms with Gasteiger partial charge in [-0.2, -0.15) is 0 Å². The molecule has 3 aromatic rings. The van der Waals surface area contributed by atoms with Crippen LogP contribution in [-0.4, -0.2) is 33.0 Å². The largest absolute Gasteiger partial charge is 0.461 e. The summed E-state index contributed by atoms with van der Waals surface area (Å²) in [7, 11) is 1.67. The van der Waals surface area contributed by atoms with E-state index in [2.05, 4.69) is 15.1 Å². The van der Waals surface area contributed by atoms with E-state index in [1.807, 2.05) is 0 Å². The van der Waals surface area contributed by atoms with Crippen LogP contribution in [0.4, 0.5) is 0 Å². The van der Waals surface area contributed by atoms with Crippen LogP contribution < -0.4 is 0 Å². The molecule has 3 rings (SSSR count). The molecule has 1 amide bonds. The molecule has 0 fully saturated rings. The first-order valence-electron chi connectivity index (χ1n) is 5.98. The standard InChI is InChI=1S/C13H12N4O3/c1-17(8-12-14-4-5-15-12)13(18)9-7-11(20-16-9)10-3-2-6-19-10/h2-7H,8H2,1H3,(H,14,15). The highest BCUT2D eigenvalue weighted by Crippen LogP contribution is 2.21. The SMILES string of the molecule is CN(Cc1ncc[nH]1)C(=O)c1cc(-c2ccco2)on1. The van der Waals surface area contributed by atoms with Crippen LogP contribution in [0.1, 0.15) is 16.3 Å². The number of furan rings is 1. The Kier molecular flexibility index (Phi) is 3.08. The van der Waals surface area contributed by atoms with Gasteiger partial charge in [0, 0.05) is 25.5 Å². The van der Waals surface area contributed by atoms with Gasteiger partial charge in [-0.05, 0) is 12.1 Å². The minimum Gasteiger partial charge on any atom is -0.461 e. The van der Waals surface area contributed by atoms with Crippen molar-refractivity contribution in [3.8, 4) is 11.5 Å². The molecule has 0 aliphatic carbocycles. The molecule has 20 heavy (non-hydrogen) atoms. The molecule has 0 bridgehead atoms. The molecule has 0 aromatic carbocycles. The number of nitrogens with zero attached hydrogens (tertiary/aromatic N) is 3. The maximum Gasteiger partial charge on any atom is 0.276 e. The predicted molar refractivity (Wildman–Crippen MR) is 68.6 cm³/mol. The van der Waals surface area contributed by atoms with Gasteiger partial charge >= 0.3 is 0 Å². The van der Waals surface area contributed by atoms with Crippen molar-refractivity contribution in [3.05, 3.63) is 48.4 Å². The van der Waals surface area contributed by atoms with Crippen LogP contribution in [0.15, 0.2) is 45.8 Å². The van der Waals surface area contributed by atoms with E-state index in [9.17, 15) is 4.79 Å². The molecule has 0 aliphatic heterocycles. The molecule has 3 heterocycles. The number of imidazole rings is 1. The zero-order chi connectivity index (χ0) is 13.9.